The number of amides is 1. The number of nitrogens with zero attached hydrogens (tertiary/aromatic N) is 1. The smallest absolute Gasteiger partial charge is 0.334 e. The van der Waals surface area contributed by atoms with Crippen molar-refractivity contribution in [1.29, 1.82) is 0 Å². The lowest BCUT2D eigenvalue weighted by Crippen LogP contribution is -2.48. The van der Waals surface area contributed by atoms with Gasteiger partial charge in [-0.25, -0.2) is 4.79 Å². The summed E-state index contributed by atoms with van der Waals surface area (Å²) in [5.74, 6) is -0.157. The average Bonchev–Trinajstić information content (AvgIpc) is 2.72. The second kappa shape index (κ2) is 9.05. The van der Waals surface area contributed by atoms with E-state index < -0.39 is 12.1 Å². The van der Waals surface area contributed by atoms with Crippen molar-refractivity contribution in [2.45, 2.75) is 6.10 Å². The van der Waals surface area contributed by atoms with Crippen molar-refractivity contribution in [3.8, 4) is 11.5 Å². The van der Waals surface area contributed by atoms with E-state index in [2.05, 4.69) is 0 Å². The zero-order valence-corrected chi connectivity index (χ0v) is 14.7. The lowest BCUT2D eigenvalue weighted by atomic mass is 10.1. The summed E-state index contributed by atoms with van der Waals surface area (Å²) in [7, 11) is 0. The fourth-order valence-electron chi connectivity index (χ4n) is 2.75. The highest BCUT2D eigenvalue weighted by atomic mass is 16.5. The molecule has 0 aromatic heterocycles. The third-order valence-corrected chi connectivity index (χ3v) is 4.10. The summed E-state index contributed by atoms with van der Waals surface area (Å²) >= 11 is 0. The van der Waals surface area contributed by atoms with Crippen LogP contribution < -0.4 is 9.47 Å². The Morgan fingerprint density at radius 2 is 1.74 bits per heavy atom. The summed E-state index contributed by atoms with van der Waals surface area (Å²) < 4.78 is 16.5. The van der Waals surface area contributed by atoms with E-state index in [0.29, 0.717) is 24.5 Å². The lowest BCUT2D eigenvalue weighted by molar-refractivity contribution is -0.154. The number of carbonyl (C=O) groups excluding carboxylic acids is 1. The molecule has 1 unspecified atom stereocenters. The van der Waals surface area contributed by atoms with Gasteiger partial charge in [0.1, 0.15) is 24.7 Å². The number of ether oxygens (including phenoxy) is 3. The largest absolute Gasteiger partial charge is 0.490 e. The number of carboxylic acids is 1. The number of para-hydroxylation sites is 2. The van der Waals surface area contributed by atoms with Crippen molar-refractivity contribution in [3.63, 3.8) is 0 Å². The van der Waals surface area contributed by atoms with E-state index in [1.807, 2.05) is 30.3 Å². The monoisotopic (exact) mass is 371 g/mol. The van der Waals surface area contributed by atoms with E-state index in [1.165, 1.54) is 4.90 Å². The minimum Gasteiger partial charge on any atom is -0.490 e. The minimum atomic E-state index is -1.07. The second-order valence-corrected chi connectivity index (χ2v) is 5.95. The van der Waals surface area contributed by atoms with Gasteiger partial charge in [-0.05, 0) is 24.3 Å². The van der Waals surface area contributed by atoms with Crippen molar-refractivity contribution >= 4 is 11.9 Å². The van der Waals surface area contributed by atoms with Crippen LogP contribution in [0.1, 0.15) is 10.4 Å². The topological polar surface area (TPSA) is 85.3 Å². The van der Waals surface area contributed by atoms with Crippen LogP contribution in [0.15, 0.2) is 54.6 Å². The van der Waals surface area contributed by atoms with E-state index in [0.717, 1.165) is 5.75 Å². The van der Waals surface area contributed by atoms with E-state index in [-0.39, 0.29) is 25.7 Å². The molecule has 1 fully saturated rings. The summed E-state index contributed by atoms with van der Waals surface area (Å²) in [6.07, 6.45) is -1.00. The van der Waals surface area contributed by atoms with Crippen LogP contribution >= 0.6 is 0 Å². The molecule has 142 valence electrons. The molecule has 1 heterocycles. The Labute approximate surface area is 157 Å². The first-order valence-corrected chi connectivity index (χ1v) is 8.68. The number of aliphatic carboxylic acids is 1. The SMILES string of the molecule is O=C(O)C1CN(C(=O)c2ccccc2OCCOc2ccccc2)CCO1. The highest BCUT2D eigenvalue weighted by Gasteiger charge is 2.30. The predicted molar refractivity (Wildman–Crippen MR) is 97.2 cm³/mol. The Kier molecular flexibility index (Phi) is 6.27. The first kappa shape index (κ1) is 18.7. The number of carbonyl (C=O) groups is 2. The van der Waals surface area contributed by atoms with E-state index in [9.17, 15) is 9.59 Å². The van der Waals surface area contributed by atoms with Crippen LogP contribution in [0.3, 0.4) is 0 Å². The van der Waals surface area contributed by atoms with Gasteiger partial charge in [-0.3, -0.25) is 4.79 Å². The molecular formula is C20H21NO6. The number of carboxylic acid groups (broad SMARTS) is 1. The summed E-state index contributed by atoms with van der Waals surface area (Å²) in [4.78, 5) is 25.4. The maximum Gasteiger partial charge on any atom is 0.334 e. The molecule has 1 aliphatic heterocycles. The normalized spacial score (nSPS) is 16.6. The molecule has 2 aromatic carbocycles. The fraction of sp³-hybridized carbons (Fsp3) is 0.300. The van der Waals surface area contributed by atoms with Gasteiger partial charge in [0.2, 0.25) is 0 Å². The van der Waals surface area contributed by atoms with Crippen LogP contribution in [0, 0.1) is 0 Å². The molecule has 1 saturated heterocycles. The van der Waals surface area contributed by atoms with Crippen LogP contribution in [0.5, 0.6) is 11.5 Å². The Hall–Kier alpha value is -3.06. The zero-order valence-electron chi connectivity index (χ0n) is 14.7. The first-order chi connectivity index (χ1) is 13.1. The fourth-order valence-corrected chi connectivity index (χ4v) is 2.75. The number of hydrogen-bond acceptors (Lipinski definition) is 5. The molecule has 0 saturated carbocycles. The molecule has 1 aliphatic rings. The van der Waals surface area contributed by atoms with Gasteiger partial charge < -0.3 is 24.2 Å². The van der Waals surface area contributed by atoms with Crippen molar-refractivity contribution in [2.24, 2.45) is 0 Å². The van der Waals surface area contributed by atoms with Gasteiger partial charge in [0, 0.05) is 6.54 Å². The lowest BCUT2D eigenvalue weighted by Gasteiger charge is -2.31. The molecule has 0 radical (unpaired) electrons. The summed E-state index contributed by atoms with van der Waals surface area (Å²) in [5.41, 5.74) is 0.392. The molecular weight excluding hydrogens is 350 g/mol. The summed E-state index contributed by atoms with van der Waals surface area (Å²) in [6, 6.07) is 16.3. The molecule has 1 atom stereocenters. The Morgan fingerprint density at radius 1 is 1.04 bits per heavy atom. The molecule has 1 amide bonds. The highest BCUT2D eigenvalue weighted by Crippen LogP contribution is 2.21. The van der Waals surface area contributed by atoms with E-state index in [4.69, 9.17) is 19.3 Å². The van der Waals surface area contributed by atoms with Crippen molar-refractivity contribution in [1.82, 2.24) is 4.90 Å². The van der Waals surface area contributed by atoms with E-state index >= 15 is 0 Å². The maximum absolute atomic E-state index is 12.8. The van der Waals surface area contributed by atoms with Gasteiger partial charge in [-0.15, -0.1) is 0 Å². The Bertz CT molecular complexity index is 779. The summed E-state index contributed by atoms with van der Waals surface area (Å²) in [5, 5.41) is 9.10. The zero-order chi connectivity index (χ0) is 19.1. The molecule has 1 N–H and O–H groups in total. The van der Waals surface area contributed by atoms with Crippen LogP contribution in [-0.2, 0) is 9.53 Å². The third kappa shape index (κ3) is 4.98. The van der Waals surface area contributed by atoms with Gasteiger partial charge >= 0.3 is 5.97 Å². The number of benzene rings is 2. The van der Waals surface area contributed by atoms with Crippen LogP contribution in [-0.4, -0.2) is 60.9 Å². The van der Waals surface area contributed by atoms with Crippen molar-refractivity contribution in [3.05, 3.63) is 60.2 Å². The third-order valence-electron chi connectivity index (χ3n) is 4.10. The van der Waals surface area contributed by atoms with Gasteiger partial charge in [-0.1, -0.05) is 30.3 Å². The molecule has 0 aliphatic carbocycles. The molecule has 27 heavy (non-hydrogen) atoms. The van der Waals surface area contributed by atoms with Gasteiger partial charge in [0.05, 0.1) is 18.7 Å². The summed E-state index contributed by atoms with van der Waals surface area (Å²) in [6.45, 7) is 1.16. The predicted octanol–water partition coefficient (Wildman–Crippen LogP) is 2.07. The highest BCUT2D eigenvalue weighted by molar-refractivity contribution is 5.97. The molecule has 7 heteroatoms. The number of rotatable bonds is 7. The van der Waals surface area contributed by atoms with Crippen LogP contribution in [0.4, 0.5) is 0 Å². The van der Waals surface area contributed by atoms with Gasteiger partial charge in [-0.2, -0.15) is 0 Å². The number of morpholine rings is 1. The molecule has 0 spiro atoms. The van der Waals surface area contributed by atoms with Gasteiger partial charge in [0.25, 0.3) is 5.91 Å². The second-order valence-electron chi connectivity index (χ2n) is 5.95. The quantitative estimate of drug-likeness (QED) is 0.750. The molecule has 2 aromatic rings. The number of hydrogen-bond donors (Lipinski definition) is 1. The maximum atomic E-state index is 12.8. The average molecular weight is 371 g/mol. The van der Waals surface area contributed by atoms with Gasteiger partial charge in [0.15, 0.2) is 6.10 Å². The molecule has 7 nitrogen and oxygen atoms in total. The Balaban J connectivity index is 1.59. The van der Waals surface area contributed by atoms with E-state index in [1.54, 1.807) is 24.3 Å². The first-order valence-electron chi connectivity index (χ1n) is 8.68. The molecule has 3 rings (SSSR count). The van der Waals surface area contributed by atoms with Crippen molar-refractivity contribution in [2.75, 3.05) is 32.9 Å². The van der Waals surface area contributed by atoms with Crippen LogP contribution in [0.2, 0.25) is 0 Å². The minimum absolute atomic E-state index is 0.0135. The van der Waals surface area contributed by atoms with Crippen molar-refractivity contribution < 1.29 is 28.9 Å². The van der Waals surface area contributed by atoms with Crippen LogP contribution in [0.25, 0.3) is 0 Å². The Morgan fingerprint density at radius 3 is 2.52 bits per heavy atom. The molecule has 0 bridgehead atoms. The standard InChI is InChI=1S/C20H21NO6/c22-19(21-10-11-26-18(14-21)20(23)24)16-8-4-5-9-17(16)27-13-12-25-15-6-2-1-3-7-15/h1-9,18H,10-14H2,(H,23,24).